The number of alkyl halides is 1. The summed E-state index contributed by atoms with van der Waals surface area (Å²) in [5, 5.41) is 16.1. The molecule has 4 unspecified atom stereocenters. The summed E-state index contributed by atoms with van der Waals surface area (Å²) in [6, 6.07) is 17.2. The molecule has 6 atom stereocenters. The summed E-state index contributed by atoms with van der Waals surface area (Å²) in [6.07, 6.45) is 9.63. The minimum Gasteiger partial charge on any atom is -0.508 e. The molecule has 11 heteroatoms. The van der Waals surface area contributed by atoms with Crippen molar-refractivity contribution in [3.63, 3.8) is 0 Å². The molecule has 258 valence electrons. The third kappa shape index (κ3) is 4.84. The van der Waals surface area contributed by atoms with Crippen LogP contribution in [0.3, 0.4) is 0 Å². The zero-order valence-corrected chi connectivity index (χ0v) is 27.9. The van der Waals surface area contributed by atoms with Crippen molar-refractivity contribution in [3.05, 3.63) is 77.7 Å². The van der Waals surface area contributed by atoms with Gasteiger partial charge in [0.25, 0.3) is 0 Å². The van der Waals surface area contributed by atoms with E-state index in [1.54, 1.807) is 24.4 Å². The van der Waals surface area contributed by atoms with Crippen LogP contribution in [0, 0.1) is 24.1 Å². The Bertz CT molecular complexity index is 2270. The van der Waals surface area contributed by atoms with Crippen LogP contribution in [0.5, 0.6) is 17.5 Å². The first-order valence-corrected chi connectivity index (χ1v) is 17.7. The van der Waals surface area contributed by atoms with Crippen LogP contribution in [0.25, 0.3) is 32.9 Å². The fourth-order valence-corrected chi connectivity index (χ4v) is 9.69. The highest BCUT2D eigenvalue weighted by Gasteiger charge is 2.59. The number of hydrogen-bond donors (Lipinski definition) is 2. The molecular formula is C40H36F2N6O3. The van der Waals surface area contributed by atoms with E-state index in [1.807, 2.05) is 24.3 Å². The number of halogens is 2. The van der Waals surface area contributed by atoms with Crippen LogP contribution in [-0.2, 0) is 0 Å². The number of rotatable bonds is 5. The molecule has 0 spiro atoms. The number of para-hydroxylation sites is 1. The normalized spacial score (nSPS) is 27.9. The van der Waals surface area contributed by atoms with Crippen molar-refractivity contribution in [2.75, 3.05) is 37.7 Å². The lowest BCUT2D eigenvalue weighted by atomic mass is 9.86. The first kappa shape index (κ1) is 30.7. The third-order valence-corrected chi connectivity index (χ3v) is 11.7. The fraction of sp³-hybridized carbons (Fsp3) is 0.375. The fourth-order valence-electron chi connectivity index (χ4n) is 9.69. The second-order valence-corrected chi connectivity index (χ2v) is 14.8. The highest BCUT2D eigenvalue weighted by Crippen LogP contribution is 2.56. The molecule has 7 heterocycles. The minimum atomic E-state index is -0.995. The van der Waals surface area contributed by atoms with Crippen molar-refractivity contribution < 1.29 is 23.4 Å². The number of aromatic nitrogens is 3. The average Bonchev–Trinajstić information content (AvgIpc) is 3.76. The molecule has 2 N–H and O–H groups in total. The number of piperazine rings is 1. The van der Waals surface area contributed by atoms with E-state index in [1.165, 1.54) is 6.07 Å². The zero-order valence-electron chi connectivity index (χ0n) is 27.9. The van der Waals surface area contributed by atoms with Crippen LogP contribution in [0.15, 0.2) is 60.8 Å². The topological polar surface area (TPSA) is 95.9 Å². The van der Waals surface area contributed by atoms with Gasteiger partial charge in [-0.1, -0.05) is 36.3 Å². The molecule has 5 aromatic rings. The van der Waals surface area contributed by atoms with Crippen molar-refractivity contribution in [1.82, 2.24) is 25.2 Å². The number of ether oxygens (including phenoxy) is 2. The van der Waals surface area contributed by atoms with Gasteiger partial charge in [-0.05, 0) is 48.9 Å². The Morgan fingerprint density at radius 1 is 1.06 bits per heavy atom. The molecule has 2 aromatic heterocycles. The van der Waals surface area contributed by atoms with E-state index < -0.39 is 17.5 Å². The number of terminal acetylenes is 1. The first-order valence-electron chi connectivity index (χ1n) is 17.7. The molecule has 0 aliphatic carbocycles. The Labute approximate surface area is 293 Å². The Balaban J connectivity index is 1.08. The highest BCUT2D eigenvalue weighted by atomic mass is 19.1. The lowest BCUT2D eigenvalue weighted by Gasteiger charge is -2.36. The maximum atomic E-state index is 17.0. The monoisotopic (exact) mass is 686 g/mol. The largest absolute Gasteiger partial charge is 0.508 e. The Kier molecular flexibility index (Phi) is 6.92. The molecule has 10 rings (SSSR count). The maximum Gasteiger partial charge on any atom is 0.319 e. The van der Waals surface area contributed by atoms with Gasteiger partial charge >= 0.3 is 6.01 Å². The number of nitrogens with one attached hydrogen (secondary N) is 1. The molecule has 0 radical (unpaired) electrons. The Morgan fingerprint density at radius 3 is 2.75 bits per heavy atom. The molecule has 51 heavy (non-hydrogen) atoms. The van der Waals surface area contributed by atoms with Crippen molar-refractivity contribution in [2.24, 2.45) is 5.92 Å². The number of hydrogen-bond acceptors (Lipinski definition) is 9. The van der Waals surface area contributed by atoms with Crippen LogP contribution in [0.4, 0.5) is 14.6 Å². The van der Waals surface area contributed by atoms with Gasteiger partial charge in [0.2, 0.25) is 0 Å². The zero-order chi connectivity index (χ0) is 34.4. The van der Waals surface area contributed by atoms with Crippen LogP contribution in [0.2, 0.25) is 0 Å². The molecule has 4 saturated heterocycles. The van der Waals surface area contributed by atoms with Gasteiger partial charge in [0.1, 0.15) is 41.3 Å². The van der Waals surface area contributed by atoms with Crippen LogP contribution >= 0.6 is 0 Å². The SMILES string of the molecule is C#Cc1cccc2cc(O)cc(-c3ncc4c(N5CC6CCC(C5)N6)nc(OC[C@@]56CC7COc8ccccc8C7N5C[C@H](F)C6)nc4c3F)c12. The van der Waals surface area contributed by atoms with Crippen molar-refractivity contribution >= 4 is 27.5 Å². The molecule has 4 fully saturated rings. The van der Waals surface area contributed by atoms with Crippen molar-refractivity contribution in [2.45, 2.75) is 55.5 Å². The van der Waals surface area contributed by atoms with E-state index in [9.17, 15) is 5.11 Å². The van der Waals surface area contributed by atoms with Gasteiger partial charge in [-0.25, -0.2) is 8.78 Å². The summed E-state index contributed by atoms with van der Waals surface area (Å²) in [5.41, 5.74) is 1.50. The highest BCUT2D eigenvalue weighted by molar-refractivity contribution is 6.02. The number of aromatic hydroxyl groups is 1. The minimum absolute atomic E-state index is 0.0152. The van der Waals surface area contributed by atoms with E-state index in [2.05, 4.69) is 32.1 Å². The third-order valence-electron chi connectivity index (χ3n) is 11.7. The van der Waals surface area contributed by atoms with Gasteiger partial charge in [0, 0.05) is 78.4 Å². The summed E-state index contributed by atoms with van der Waals surface area (Å²) >= 11 is 0. The summed E-state index contributed by atoms with van der Waals surface area (Å²) in [6.45, 7) is 2.44. The Hall–Kier alpha value is -5.05. The number of nitrogens with zero attached hydrogens (tertiary/aromatic N) is 5. The first-order chi connectivity index (χ1) is 24.9. The lowest BCUT2D eigenvalue weighted by molar-refractivity contribution is 0.0777. The van der Waals surface area contributed by atoms with E-state index >= 15 is 8.78 Å². The summed E-state index contributed by atoms with van der Waals surface area (Å²) in [5.74, 6) is 3.59. The van der Waals surface area contributed by atoms with Gasteiger partial charge in [-0.2, -0.15) is 9.97 Å². The molecule has 3 aromatic carbocycles. The number of pyridine rings is 1. The van der Waals surface area contributed by atoms with E-state index in [4.69, 9.17) is 25.9 Å². The van der Waals surface area contributed by atoms with Gasteiger partial charge < -0.3 is 24.8 Å². The number of phenols is 1. The van der Waals surface area contributed by atoms with Crippen molar-refractivity contribution in [3.8, 4) is 41.1 Å². The quantitative estimate of drug-likeness (QED) is 0.218. The lowest BCUT2D eigenvalue weighted by Crippen LogP contribution is -2.51. The average molecular weight is 687 g/mol. The Morgan fingerprint density at radius 2 is 1.90 bits per heavy atom. The second-order valence-electron chi connectivity index (χ2n) is 14.8. The molecule has 5 aliphatic heterocycles. The van der Waals surface area contributed by atoms with Gasteiger partial charge in [0.05, 0.1) is 17.5 Å². The molecule has 9 nitrogen and oxygen atoms in total. The maximum absolute atomic E-state index is 17.0. The number of anilines is 1. The molecule has 0 amide bonds. The van der Waals surface area contributed by atoms with E-state index in [-0.39, 0.29) is 41.5 Å². The van der Waals surface area contributed by atoms with Crippen molar-refractivity contribution in [1.29, 1.82) is 0 Å². The molecular weight excluding hydrogens is 650 g/mol. The van der Waals surface area contributed by atoms with Crippen LogP contribution < -0.4 is 19.7 Å². The standard InChI is InChI=1S/C40H36F2N6O3/c1-2-22-6-5-7-23-12-28(49)13-30(33(22)23)35-34(42)36-31(16-43-35)38(47-18-26-10-11-27(19-47)44-26)46-39(45-36)51-21-40-14-24-20-50-32-9-4-3-8-29(32)37(24)48(40)17-25(41)15-40/h1,3-9,12-13,16,24-27,37,44,49H,10-11,14-15,17-21H2/t24?,25-,26?,27?,37?,40+/m1/s1. The number of benzene rings is 3. The second kappa shape index (κ2) is 11.5. The number of fused-ring (bicyclic) bond motifs is 9. The van der Waals surface area contributed by atoms with Crippen LogP contribution in [-0.4, -0.2) is 81.6 Å². The van der Waals surface area contributed by atoms with E-state index in [0.29, 0.717) is 84.3 Å². The predicted molar refractivity (Wildman–Crippen MR) is 189 cm³/mol. The molecule has 0 saturated carbocycles. The van der Waals surface area contributed by atoms with Gasteiger partial charge in [0.15, 0.2) is 5.82 Å². The predicted octanol–water partition coefficient (Wildman–Crippen LogP) is 5.93. The number of phenolic OH excluding ortho intramolecular Hbond substituents is 1. The smallest absolute Gasteiger partial charge is 0.319 e. The molecule has 2 bridgehead atoms. The van der Waals surface area contributed by atoms with Crippen LogP contribution in [0.1, 0.15) is 42.9 Å². The summed E-state index contributed by atoms with van der Waals surface area (Å²) in [7, 11) is 0. The van der Waals surface area contributed by atoms with E-state index in [0.717, 1.165) is 24.2 Å². The summed E-state index contributed by atoms with van der Waals surface area (Å²) in [4.78, 5) is 18.7. The van der Waals surface area contributed by atoms with Gasteiger partial charge in [-0.15, -0.1) is 6.42 Å². The van der Waals surface area contributed by atoms with Gasteiger partial charge in [-0.3, -0.25) is 9.88 Å². The molecule has 5 aliphatic rings. The summed E-state index contributed by atoms with van der Waals surface area (Å²) < 4.78 is 45.0.